The van der Waals surface area contributed by atoms with Crippen LogP contribution in [0, 0.1) is 6.92 Å². The lowest BCUT2D eigenvalue weighted by molar-refractivity contribution is -0.126. The summed E-state index contributed by atoms with van der Waals surface area (Å²) in [4.78, 5) is 41.1. The van der Waals surface area contributed by atoms with Crippen molar-refractivity contribution in [1.82, 2.24) is 15.1 Å². The van der Waals surface area contributed by atoms with Crippen molar-refractivity contribution >= 4 is 23.5 Å². The van der Waals surface area contributed by atoms with E-state index in [1.54, 1.807) is 13.8 Å². The van der Waals surface area contributed by atoms with E-state index in [-0.39, 0.29) is 30.4 Å². The van der Waals surface area contributed by atoms with Crippen LogP contribution in [0.25, 0.3) is 0 Å². The van der Waals surface area contributed by atoms with Crippen LogP contribution < -0.4 is 10.2 Å². The zero-order valence-corrected chi connectivity index (χ0v) is 20.5. The summed E-state index contributed by atoms with van der Waals surface area (Å²) in [6.07, 6.45) is 0.859. The summed E-state index contributed by atoms with van der Waals surface area (Å²) < 4.78 is 6.48. The quantitative estimate of drug-likeness (QED) is 0.528. The van der Waals surface area contributed by atoms with E-state index in [1.807, 2.05) is 55.5 Å². The van der Waals surface area contributed by atoms with Gasteiger partial charge in [-0.1, -0.05) is 48.9 Å². The number of aromatic nitrogens is 2. The Morgan fingerprint density at radius 1 is 1.06 bits per heavy atom. The highest BCUT2D eigenvalue weighted by atomic mass is 16.5. The number of aryl methyl sites for hydroxylation is 2. The van der Waals surface area contributed by atoms with Gasteiger partial charge in [0, 0.05) is 18.3 Å². The number of nitrogens with one attached hydrogen (secondary N) is 1. The zero-order chi connectivity index (χ0) is 25.2. The molecule has 0 radical (unpaired) electrons. The van der Waals surface area contributed by atoms with Crippen LogP contribution in [0.2, 0.25) is 0 Å². The van der Waals surface area contributed by atoms with Crippen LogP contribution in [0.15, 0.2) is 54.6 Å². The number of carbonyl (C=O) groups excluding carboxylic acids is 3. The topological polar surface area (TPSA) is 93.5 Å². The van der Waals surface area contributed by atoms with Crippen molar-refractivity contribution in [2.45, 2.75) is 52.7 Å². The van der Waals surface area contributed by atoms with Crippen LogP contribution >= 0.6 is 0 Å². The molecule has 1 unspecified atom stereocenters. The zero-order valence-electron chi connectivity index (χ0n) is 20.5. The average Bonchev–Trinajstić information content (AvgIpc) is 3.28. The standard InChI is InChI=1S/C27H30N4O4/c1-5-19-11-13-21(14-12-19)31-24(32)23-15-22(25(33)35-6-2)29-30(23)17-27(31,4)26(34)28-16-20-9-7-18(3)8-10-20/h7-15H,5-6,16-17H2,1-4H3,(H,28,34). The molecule has 0 aliphatic carbocycles. The molecule has 8 nitrogen and oxygen atoms in total. The van der Waals surface area contributed by atoms with Crippen molar-refractivity contribution in [2.24, 2.45) is 0 Å². The second-order valence-electron chi connectivity index (χ2n) is 8.90. The van der Waals surface area contributed by atoms with E-state index in [0.29, 0.717) is 12.2 Å². The van der Waals surface area contributed by atoms with E-state index in [9.17, 15) is 14.4 Å². The van der Waals surface area contributed by atoms with Crippen molar-refractivity contribution in [3.05, 3.63) is 82.7 Å². The number of nitrogens with zero attached hydrogens (tertiary/aromatic N) is 3. The third kappa shape index (κ3) is 4.69. The molecule has 182 valence electrons. The molecule has 3 aromatic rings. The van der Waals surface area contributed by atoms with Crippen molar-refractivity contribution in [1.29, 1.82) is 0 Å². The van der Waals surface area contributed by atoms with Crippen LogP contribution in [-0.2, 0) is 29.0 Å². The van der Waals surface area contributed by atoms with Crippen molar-refractivity contribution < 1.29 is 19.1 Å². The molecule has 0 bridgehead atoms. The molecule has 1 aliphatic heterocycles. The molecule has 2 amide bonds. The molecule has 0 spiro atoms. The van der Waals surface area contributed by atoms with E-state index in [0.717, 1.165) is 23.1 Å². The number of esters is 1. The predicted molar refractivity (Wildman–Crippen MR) is 132 cm³/mol. The molecule has 0 saturated heterocycles. The highest BCUT2D eigenvalue weighted by Crippen LogP contribution is 2.33. The average molecular weight is 475 g/mol. The van der Waals surface area contributed by atoms with E-state index in [4.69, 9.17) is 4.74 Å². The van der Waals surface area contributed by atoms with Gasteiger partial charge < -0.3 is 10.1 Å². The maximum absolute atomic E-state index is 13.7. The van der Waals surface area contributed by atoms with E-state index in [2.05, 4.69) is 17.3 Å². The van der Waals surface area contributed by atoms with Crippen molar-refractivity contribution in [2.75, 3.05) is 11.5 Å². The first-order valence-electron chi connectivity index (χ1n) is 11.8. The molecular formula is C27H30N4O4. The Kier molecular flexibility index (Phi) is 6.73. The fourth-order valence-corrected chi connectivity index (χ4v) is 4.25. The number of fused-ring (bicyclic) bond motifs is 1. The predicted octanol–water partition coefficient (Wildman–Crippen LogP) is 3.67. The minimum absolute atomic E-state index is 0.0424. The second kappa shape index (κ2) is 9.74. The number of benzene rings is 2. The minimum Gasteiger partial charge on any atom is -0.461 e. The fourth-order valence-electron chi connectivity index (χ4n) is 4.25. The molecule has 1 aromatic heterocycles. The third-order valence-electron chi connectivity index (χ3n) is 6.30. The van der Waals surface area contributed by atoms with E-state index < -0.39 is 17.4 Å². The molecule has 4 rings (SSSR count). The van der Waals surface area contributed by atoms with E-state index in [1.165, 1.54) is 15.6 Å². The number of amides is 2. The van der Waals surface area contributed by atoms with Gasteiger partial charge in [0.15, 0.2) is 5.69 Å². The van der Waals surface area contributed by atoms with Gasteiger partial charge in [-0.25, -0.2) is 4.79 Å². The van der Waals surface area contributed by atoms with Gasteiger partial charge in [-0.05, 0) is 50.5 Å². The van der Waals surface area contributed by atoms with Gasteiger partial charge in [0.25, 0.3) is 5.91 Å². The van der Waals surface area contributed by atoms with Gasteiger partial charge in [0.05, 0.1) is 13.2 Å². The smallest absolute Gasteiger partial charge is 0.358 e. The fraction of sp³-hybridized carbons (Fsp3) is 0.333. The number of hydrogen-bond acceptors (Lipinski definition) is 5. The normalized spacial score (nSPS) is 17.1. The van der Waals surface area contributed by atoms with Crippen LogP contribution in [0.4, 0.5) is 5.69 Å². The van der Waals surface area contributed by atoms with E-state index >= 15 is 0 Å². The lowest BCUT2D eigenvalue weighted by Gasteiger charge is -2.43. The lowest BCUT2D eigenvalue weighted by Crippen LogP contribution is -2.64. The maximum Gasteiger partial charge on any atom is 0.358 e. The number of rotatable bonds is 7. The number of ether oxygens (including phenoxy) is 1. The molecule has 2 aromatic carbocycles. The Morgan fingerprint density at radius 2 is 1.71 bits per heavy atom. The minimum atomic E-state index is -1.28. The molecule has 0 saturated carbocycles. The Bertz CT molecular complexity index is 1250. The molecule has 0 fully saturated rings. The molecule has 8 heteroatoms. The van der Waals surface area contributed by atoms with Crippen LogP contribution in [0.5, 0.6) is 0 Å². The number of carbonyl (C=O) groups is 3. The van der Waals surface area contributed by atoms with Crippen molar-refractivity contribution in [3.63, 3.8) is 0 Å². The van der Waals surface area contributed by atoms with Gasteiger partial charge in [-0.15, -0.1) is 0 Å². The Morgan fingerprint density at radius 3 is 2.34 bits per heavy atom. The largest absolute Gasteiger partial charge is 0.461 e. The third-order valence-corrected chi connectivity index (χ3v) is 6.30. The summed E-state index contributed by atoms with van der Waals surface area (Å²) in [5.41, 5.74) is 2.81. The molecular weight excluding hydrogens is 444 g/mol. The number of hydrogen-bond donors (Lipinski definition) is 1. The van der Waals surface area contributed by atoms with Crippen LogP contribution in [0.3, 0.4) is 0 Å². The summed E-state index contributed by atoms with van der Waals surface area (Å²) in [7, 11) is 0. The molecule has 35 heavy (non-hydrogen) atoms. The SMILES string of the molecule is CCOC(=O)c1cc2n(n1)CC(C)(C(=O)NCc1ccc(C)cc1)N(c1ccc(CC)cc1)C2=O. The van der Waals surface area contributed by atoms with Crippen molar-refractivity contribution in [3.8, 4) is 0 Å². The first-order chi connectivity index (χ1) is 16.8. The van der Waals surface area contributed by atoms with Gasteiger partial charge in [0.1, 0.15) is 11.2 Å². The molecule has 1 atom stereocenters. The van der Waals surface area contributed by atoms with Gasteiger partial charge >= 0.3 is 5.97 Å². The van der Waals surface area contributed by atoms with Gasteiger partial charge in [0.2, 0.25) is 5.91 Å². The Balaban J connectivity index is 1.71. The second-order valence-corrected chi connectivity index (χ2v) is 8.90. The van der Waals surface area contributed by atoms with Crippen LogP contribution in [-0.4, -0.2) is 39.7 Å². The van der Waals surface area contributed by atoms with Gasteiger partial charge in [-0.2, -0.15) is 5.10 Å². The molecule has 2 heterocycles. The molecule has 1 aliphatic rings. The Labute approximate surface area is 204 Å². The maximum atomic E-state index is 13.7. The molecule has 1 N–H and O–H groups in total. The number of anilines is 1. The first kappa shape index (κ1) is 24.2. The highest BCUT2D eigenvalue weighted by molar-refractivity contribution is 6.12. The summed E-state index contributed by atoms with van der Waals surface area (Å²) in [6.45, 7) is 8.09. The summed E-state index contributed by atoms with van der Waals surface area (Å²) in [5, 5.41) is 7.28. The first-order valence-corrected chi connectivity index (χ1v) is 11.8. The Hall–Kier alpha value is -3.94. The summed E-state index contributed by atoms with van der Waals surface area (Å²) >= 11 is 0. The summed E-state index contributed by atoms with van der Waals surface area (Å²) in [5.74, 6) is -1.33. The van der Waals surface area contributed by atoms with Crippen LogP contribution in [0.1, 0.15) is 58.4 Å². The summed E-state index contributed by atoms with van der Waals surface area (Å²) in [6, 6.07) is 16.9. The lowest BCUT2D eigenvalue weighted by atomic mass is 9.93. The van der Waals surface area contributed by atoms with Gasteiger partial charge in [-0.3, -0.25) is 19.2 Å². The monoisotopic (exact) mass is 474 g/mol. The highest BCUT2D eigenvalue weighted by Gasteiger charge is 2.49.